The van der Waals surface area contributed by atoms with Crippen molar-refractivity contribution in [2.75, 3.05) is 30.8 Å². The number of nitrogens with two attached hydrogens (primary N) is 1. The Morgan fingerprint density at radius 3 is 2.58 bits per heavy atom. The zero-order valence-electron chi connectivity index (χ0n) is 13.0. The molecule has 3 aromatic rings. The van der Waals surface area contributed by atoms with Gasteiger partial charge in [-0.3, -0.25) is 0 Å². The van der Waals surface area contributed by atoms with E-state index in [0.717, 1.165) is 18.8 Å². The summed E-state index contributed by atoms with van der Waals surface area (Å²) in [5, 5.41) is 7.13. The van der Waals surface area contributed by atoms with Crippen molar-refractivity contribution < 1.29 is 4.52 Å². The summed E-state index contributed by atoms with van der Waals surface area (Å²) in [5.41, 5.74) is 6.77. The van der Waals surface area contributed by atoms with Crippen molar-refractivity contribution in [1.29, 1.82) is 0 Å². The van der Waals surface area contributed by atoms with Crippen LogP contribution in [0.25, 0.3) is 11.6 Å². The van der Waals surface area contributed by atoms with Gasteiger partial charge in [0.05, 0.1) is 5.92 Å². The fourth-order valence-corrected chi connectivity index (χ4v) is 2.35. The molecule has 0 amide bonds. The predicted octanol–water partition coefficient (Wildman–Crippen LogP) is 0.958. The zero-order chi connectivity index (χ0) is 16.5. The third kappa shape index (κ3) is 2.65. The predicted molar refractivity (Wildman–Crippen MR) is 87.6 cm³/mol. The van der Waals surface area contributed by atoms with Crippen molar-refractivity contribution in [1.82, 2.24) is 30.4 Å². The first kappa shape index (κ1) is 14.5. The fraction of sp³-hybridized carbons (Fsp3) is 0.267. The van der Waals surface area contributed by atoms with Gasteiger partial charge in [0.25, 0.3) is 0 Å². The van der Waals surface area contributed by atoms with Gasteiger partial charge in [-0.25, -0.2) is 0 Å². The molecule has 122 valence electrons. The van der Waals surface area contributed by atoms with Gasteiger partial charge >= 0.3 is 0 Å². The SMILES string of the molecule is CN(c1ccccc1)c1nc(N)nc(-c2noc(C3CNC3)n2)n1. The van der Waals surface area contributed by atoms with Crippen LogP contribution < -0.4 is 16.0 Å². The highest BCUT2D eigenvalue weighted by atomic mass is 16.5. The van der Waals surface area contributed by atoms with Crippen LogP contribution in [-0.4, -0.2) is 45.2 Å². The molecular formula is C15H16N8O. The average Bonchev–Trinajstić information content (AvgIpc) is 3.02. The normalized spacial score (nSPS) is 14.4. The first-order chi connectivity index (χ1) is 11.7. The van der Waals surface area contributed by atoms with Crippen LogP contribution in [0.5, 0.6) is 0 Å². The molecule has 0 spiro atoms. The summed E-state index contributed by atoms with van der Waals surface area (Å²) in [6, 6.07) is 9.73. The molecular weight excluding hydrogens is 308 g/mol. The Hall–Kier alpha value is -3.07. The second-order valence-electron chi connectivity index (χ2n) is 5.52. The number of benzene rings is 1. The number of anilines is 3. The molecule has 4 rings (SSSR count). The van der Waals surface area contributed by atoms with E-state index in [-0.39, 0.29) is 11.9 Å². The lowest BCUT2D eigenvalue weighted by Gasteiger charge is -2.22. The Morgan fingerprint density at radius 1 is 1.08 bits per heavy atom. The van der Waals surface area contributed by atoms with E-state index in [4.69, 9.17) is 10.3 Å². The highest BCUT2D eigenvalue weighted by Gasteiger charge is 2.26. The van der Waals surface area contributed by atoms with Crippen molar-refractivity contribution in [2.45, 2.75) is 5.92 Å². The van der Waals surface area contributed by atoms with Gasteiger partial charge in [0.1, 0.15) is 0 Å². The maximum absolute atomic E-state index is 5.83. The van der Waals surface area contributed by atoms with Crippen molar-refractivity contribution in [2.24, 2.45) is 0 Å². The van der Waals surface area contributed by atoms with Gasteiger partial charge in [0.15, 0.2) is 0 Å². The monoisotopic (exact) mass is 324 g/mol. The molecule has 1 aromatic carbocycles. The highest BCUT2D eigenvalue weighted by Crippen LogP contribution is 2.24. The minimum Gasteiger partial charge on any atom is -0.368 e. The van der Waals surface area contributed by atoms with Gasteiger partial charge in [-0.2, -0.15) is 19.9 Å². The van der Waals surface area contributed by atoms with Gasteiger partial charge in [0.2, 0.25) is 29.4 Å². The van der Waals surface area contributed by atoms with Gasteiger partial charge in [-0.05, 0) is 12.1 Å². The Bertz CT molecular complexity index is 846. The highest BCUT2D eigenvalue weighted by molar-refractivity contribution is 5.58. The van der Waals surface area contributed by atoms with Gasteiger partial charge < -0.3 is 20.5 Å². The van der Waals surface area contributed by atoms with Crippen molar-refractivity contribution in [3.63, 3.8) is 0 Å². The summed E-state index contributed by atoms with van der Waals surface area (Å²) in [4.78, 5) is 18.9. The Balaban J connectivity index is 1.67. The third-order valence-corrected chi connectivity index (χ3v) is 3.86. The number of hydrogen-bond acceptors (Lipinski definition) is 9. The number of rotatable bonds is 4. The van der Waals surface area contributed by atoms with Crippen LogP contribution in [0.3, 0.4) is 0 Å². The zero-order valence-corrected chi connectivity index (χ0v) is 13.0. The minimum atomic E-state index is 0.106. The van der Waals surface area contributed by atoms with E-state index in [1.807, 2.05) is 42.3 Å². The Kier molecular flexibility index (Phi) is 3.54. The summed E-state index contributed by atoms with van der Waals surface area (Å²) in [6.45, 7) is 1.67. The van der Waals surface area contributed by atoms with E-state index in [0.29, 0.717) is 23.5 Å². The van der Waals surface area contributed by atoms with Crippen LogP contribution in [0.15, 0.2) is 34.9 Å². The summed E-state index contributed by atoms with van der Waals surface area (Å²) in [5.74, 6) is 1.96. The van der Waals surface area contributed by atoms with Gasteiger partial charge in [0, 0.05) is 25.8 Å². The lowest BCUT2D eigenvalue weighted by Crippen LogP contribution is -2.40. The van der Waals surface area contributed by atoms with Crippen molar-refractivity contribution in [3.8, 4) is 11.6 Å². The van der Waals surface area contributed by atoms with Gasteiger partial charge in [-0.15, -0.1) is 0 Å². The van der Waals surface area contributed by atoms with E-state index in [9.17, 15) is 0 Å². The summed E-state index contributed by atoms with van der Waals surface area (Å²) >= 11 is 0. The number of hydrogen-bond donors (Lipinski definition) is 2. The standard InChI is InChI=1S/C15H16N8O/c1-23(10-5-3-2-4-6-10)15-20-11(19-14(16)21-15)12-18-13(24-22-12)9-7-17-8-9/h2-6,9,17H,7-8H2,1H3,(H2,16,19,20,21). The topological polar surface area (TPSA) is 119 Å². The molecule has 3 N–H and O–H groups in total. The van der Waals surface area contributed by atoms with E-state index in [1.54, 1.807) is 0 Å². The minimum absolute atomic E-state index is 0.106. The van der Waals surface area contributed by atoms with E-state index >= 15 is 0 Å². The third-order valence-electron chi connectivity index (χ3n) is 3.86. The lowest BCUT2D eigenvalue weighted by atomic mass is 10.0. The maximum atomic E-state index is 5.83. The largest absolute Gasteiger partial charge is 0.368 e. The summed E-state index contributed by atoms with van der Waals surface area (Å²) in [6.07, 6.45) is 0. The molecule has 2 aromatic heterocycles. The van der Waals surface area contributed by atoms with Crippen molar-refractivity contribution >= 4 is 17.6 Å². The van der Waals surface area contributed by atoms with Crippen LogP contribution in [0.1, 0.15) is 11.8 Å². The number of aromatic nitrogens is 5. The molecule has 1 aliphatic heterocycles. The lowest BCUT2D eigenvalue weighted by molar-refractivity contribution is 0.308. The molecule has 0 atom stereocenters. The molecule has 0 radical (unpaired) electrons. The average molecular weight is 324 g/mol. The molecule has 0 unspecified atom stereocenters. The smallest absolute Gasteiger partial charge is 0.240 e. The van der Waals surface area contributed by atoms with Crippen LogP contribution in [-0.2, 0) is 0 Å². The van der Waals surface area contributed by atoms with Crippen LogP contribution >= 0.6 is 0 Å². The van der Waals surface area contributed by atoms with Crippen molar-refractivity contribution in [3.05, 3.63) is 36.2 Å². The quantitative estimate of drug-likeness (QED) is 0.723. The fourth-order valence-electron chi connectivity index (χ4n) is 2.35. The molecule has 1 aliphatic rings. The molecule has 0 saturated carbocycles. The molecule has 24 heavy (non-hydrogen) atoms. The number of para-hydroxylation sites is 1. The van der Waals surface area contributed by atoms with Crippen LogP contribution in [0.4, 0.5) is 17.6 Å². The van der Waals surface area contributed by atoms with E-state index in [2.05, 4.69) is 30.4 Å². The first-order valence-corrected chi connectivity index (χ1v) is 7.56. The van der Waals surface area contributed by atoms with Crippen LogP contribution in [0, 0.1) is 0 Å². The molecule has 3 heterocycles. The molecule has 9 nitrogen and oxygen atoms in total. The molecule has 9 heteroatoms. The number of nitrogen functional groups attached to an aromatic ring is 1. The number of nitrogens with zero attached hydrogens (tertiary/aromatic N) is 6. The van der Waals surface area contributed by atoms with E-state index in [1.165, 1.54) is 0 Å². The maximum Gasteiger partial charge on any atom is 0.240 e. The second kappa shape index (κ2) is 5.85. The second-order valence-corrected chi connectivity index (χ2v) is 5.52. The Labute approximate surface area is 137 Å². The summed E-state index contributed by atoms with van der Waals surface area (Å²) < 4.78 is 5.29. The number of nitrogens with one attached hydrogen (secondary N) is 1. The van der Waals surface area contributed by atoms with Gasteiger partial charge in [-0.1, -0.05) is 23.4 Å². The summed E-state index contributed by atoms with van der Waals surface area (Å²) in [7, 11) is 1.86. The molecule has 1 fully saturated rings. The first-order valence-electron chi connectivity index (χ1n) is 7.56. The Morgan fingerprint density at radius 2 is 1.88 bits per heavy atom. The van der Waals surface area contributed by atoms with E-state index < -0.39 is 0 Å². The molecule has 0 aliphatic carbocycles. The molecule has 0 bridgehead atoms. The molecule has 1 saturated heterocycles. The van der Waals surface area contributed by atoms with Crippen LogP contribution in [0.2, 0.25) is 0 Å².